The number of hydrogen-bond donors (Lipinski definition) is 1. The van der Waals surface area contributed by atoms with Crippen molar-refractivity contribution in [1.82, 2.24) is 14.9 Å². The highest BCUT2D eigenvalue weighted by atomic mass is 32.2. The smallest absolute Gasteiger partial charge is 0.266 e. The summed E-state index contributed by atoms with van der Waals surface area (Å²) in [6.07, 6.45) is 4.16. The second-order valence-electron chi connectivity index (χ2n) is 7.40. The van der Waals surface area contributed by atoms with E-state index < -0.39 is 17.2 Å². The van der Waals surface area contributed by atoms with Crippen LogP contribution in [0, 0.1) is 11.6 Å². The third-order valence-corrected chi connectivity index (χ3v) is 5.81. The van der Waals surface area contributed by atoms with Gasteiger partial charge >= 0.3 is 0 Å². The summed E-state index contributed by atoms with van der Waals surface area (Å²) in [7, 11) is 0. The van der Waals surface area contributed by atoms with Crippen LogP contribution in [0.15, 0.2) is 52.4 Å². The van der Waals surface area contributed by atoms with Gasteiger partial charge in [-0.2, -0.15) is 0 Å². The number of aromatic nitrogens is 2. The van der Waals surface area contributed by atoms with Crippen LogP contribution in [0.2, 0.25) is 0 Å². The van der Waals surface area contributed by atoms with Crippen LogP contribution in [0.5, 0.6) is 0 Å². The van der Waals surface area contributed by atoms with Gasteiger partial charge < -0.3 is 5.32 Å². The Morgan fingerprint density at radius 1 is 1.19 bits per heavy atom. The molecule has 0 fully saturated rings. The van der Waals surface area contributed by atoms with E-state index in [-0.39, 0.29) is 28.5 Å². The largest absolute Gasteiger partial charge is 0.353 e. The van der Waals surface area contributed by atoms with E-state index in [0.29, 0.717) is 10.9 Å². The van der Waals surface area contributed by atoms with E-state index in [1.54, 1.807) is 24.3 Å². The molecule has 1 aromatic heterocycles. The summed E-state index contributed by atoms with van der Waals surface area (Å²) in [4.78, 5) is 30.0. The van der Waals surface area contributed by atoms with Crippen LogP contribution in [0.4, 0.5) is 8.78 Å². The Balaban J connectivity index is 1.89. The Bertz CT molecular complexity index is 1130. The molecular formula is C23H25F2N3O2S. The molecule has 0 radical (unpaired) electrons. The van der Waals surface area contributed by atoms with Crippen LogP contribution in [0.1, 0.15) is 39.5 Å². The van der Waals surface area contributed by atoms with Gasteiger partial charge in [-0.1, -0.05) is 50.1 Å². The van der Waals surface area contributed by atoms with E-state index in [2.05, 4.69) is 17.2 Å². The zero-order valence-corrected chi connectivity index (χ0v) is 18.3. The van der Waals surface area contributed by atoms with Crippen molar-refractivity contribution < 1.29 is 13.6 Å². The molecule has 1 unspecified atom stereocenters. The molecule has 1 heterocycles. The minimum atomic E-state index is -0.880. The van der Waals surface area contributed by atoms with Crippen molar-refractivity contribution in [2.24, 2.45) is 0 Å². The third kappa shape index (κ3) is 5.70. The van der Waals surface area contributed by atoms with Crippen LogP contribution in [-0.4, -0.2) is 27.3 Å². The summed E-state index contributed by atoms with van der Waals surface area (Å²) in [5.74, 6) is -1.79. The number of hydrogen-bond acceptors (Lipinski definition) is 4. The van der Waals surface area contributed by atoms with Gasteiger partial charge in [-0.15, -0.1) is 0 Å². The first-order valence-corrected chi connectivity index (χ1v) is 11.3. The highest BCUT2D eigenvalue weighted by molar-refractivity contribution is 7.99. The average Bonchev–Trinajstić information content (AvgIpc) is 2.73. The van der Waals surface area contributed by atoms with Gasteiger partial charge in [0, 0.05) is 12.1 Å². The number of nitrogens with one attached hydrogen (secondary N) is 1. The molecule has 0 bridgehead atoms. The summed E-state index contributed by atoms with van der Waals surface area (Å²) in [5, 5.41) is 3.42. The molecule has 0 saturated carbocycles. The lowest BCUT2D eigenvalue weighted by atomic mass is 10.1. The van der Waals surface area contributed by atoms with Gasteiger partial charge in [0.2, 0.25) is 5.91 Å². The van der Waals surface area contributed by atoms with Gasteiger partial charge in [-0.3, -0.25) is 14.2 Å². The van der Waals surface area contributed by atoms with Gasteiger partial charge in [0.25, 0.3) is 5.56 Å². The number of carbonyl (C=O) groups is 1. The maximum absolute atomic E-state index is 14.5. The van der Waals surface area contributed by atoms with Crippen molar-refractivity contribution in [2.45, 2.75) is 50.7 Å². The Morgan fingerprint density at radius 2 is 1.97 bits per heavy atom. The van der Waals surface area contributed by atoms with Crippen molar-refractivity contribution in [1.29, 1.82) is 0 Å². The van der Waals surface area contributed by atoms with Crippen LogP contribution in [0.3, 0.4) is 0 Å². The molecule has 1 atom stereocenters. The van der Waals surface area contributed by atoms with Gasteiger partial charge in [0.15, 0.2) is 5.16 Å². The summed E-state index contributed by atoms with van der Waals surface area (Å²) in [5.41, 5.74) is -0.144. The number of amides is 1. The fourth-order valence-electron chi connectivity index (χ4n) is 3.30. The molecular weight excluding hydrogens is 420 g/mol. The first kappa shape index (κ1) is 22.9. The molecule has 0 aliphatic carbocycles. The molecule has 3 aromatic rings. The molecule has 1 amide bonds. The van der Waals surface area contributed by atoms with Gasteiger partial charge in [0.1, 0.15) is 11.6 Å². The molecule has 2 aromatic carbocycles. The first-order chi connectivity index (χ1) is 14.9. The molecule has 0 spiro atoms. The number of benzene rings is 2. The number of nitrogens with zero attached hydrogens (tertiary/aromatic N) is 2. The number of thioether (sulfide) groups is 1. The summed E-state index contributed by atoms with van der Waals surface area (Å²) < 4.78 is 29.0. The minimum absolute atomic E-state index is 0.0196. The van der Waals surface area contributed by atoms with E-state index in [9.17, 15) is 18.4 Å². The van der Waals surface area contributed by atoms with Crippen LogP contribution >= 0.6 is 11.8 Å². The number of unbranched alkanes of at least 4 members (excludes halogenated alkanes) is 2. The minimum Gasteiger partial charge on any atom is -0.353 e. The second-order valence-corrected chi connectivity index (χ2v) is 8.34. The molecule has 3 rings (SSSR count). The quantitative estimate of drug-likeness (QED) is 0.291. The maximum Gasteiger partial charge on any atom is 0.266 e. The second kappa shape index (κ2) is 10.5. The molecule has 5 nitrogen and oxygen atoms in total. The normalized spacial score (nSPS) is 12.1. The zero-order chi connectivity index (χ0) is 22.4. The lowest BCUT2D eigenvalue weighted by Crippen LogP contribution is -2.34. The number of halogens is 2. The zero-order valence-electron chi connectivity index (χ0n) is 17.5. The van der Waals surface area contributed by atoms with Crippen molar-refractivity contribution >= 4 is 28.6 Å². The monoisotopic (exact) mass is 445 g/mol. The van der Waals surface area contributed by atoms with Crippen LogP contribution in [0.25, 0.3) is 16.6 Å². The predicted molar refractivity (Wildman–Crippen MR) is 120 cm³/mol. The first-order valence-electron chi connectivity index (χ1n) is 10.3. The average molecular weight is 446 g/mol. The molecule has 0 aliphatic rings. The van der Waals surface area contributed by atoms with E-state index in [0.717, 1.165) is 54.1 Å². The standard InChI is InChI=1S/C23H25F2N3O2S/c1-3-4-5-8-15(2)26-21(29)14-31-23-27-19-10-7-6-9-17(19)22(30)28(23)20-12-11-16(24)13-18(20)25/h6-7,9-13,15H,3-5,8,14H2,1-2H3,(H,26,29). The fraction of sp³-hybridized carbons (Fsp3) is 0.348. The van der Waals surface area contributed by atoms with Gasteiger partial charge in [-0.25, -0.2) is 13.8 Å². The van der Waals surface area contributed by atoms with Crippen molar-refractivity contribution in [3.8, 4) is 5.69 Å². The Hall–Kier alpha value is -2.74. The molecule has 0 saturated heterocycles. The summed E-state index contributed by atoms with van der Waals surface area (Å²) in [6, 6.07) is 9.76. The molecule has 1 N–H and O–H groups in total. The summed E-state index contributed by atoms with van der Waals surface area (Å²) >= 11 is 1.04. The number of carbonyl (C=O) groups excluding carboxylic acids is 1. The number of para-hydroxylation sites is 1. The number of fused-ring (bicyclic) bond motifs is 1. The highest BCUT2D eigenvalue weighted by Crippen LogP contribution is 2.23. The Morgan fingerprint density at radius 3 is 2.71 bits per heavy atom. The Kier molecular flexibility index (Phi) is 7.79. The topological polar surface area (TPSA) is 64.0 Å². The predicted octanol–water partition coefficient (Wildman–Crippen LogP) is 4.84. The lowest BCUT2D eigenvalue weighted by molar-refractivity contribution is -0.119. The molecule has 0 aliphatic heterocycles. The van der Waals surface area contributed by atoms with Crippen molar-refractivity contribution in [3.63, 3.8) is 0 Å². The maximum atomic E-state index is 14.5. The van der Waals surface area contributed by atoms with E-state index in [4.69, 9.17) is 0 Å². The molecule has 164 valence electrons. The van der Waals surface area contributed by atoms with E-state index >= 15 is 0 Å². The van der Waals surface area contributed by atoms with Crippen LogP contribution < -0.4 is 10.9 Å². The lowest BCUT2D eigenvalue weighted by Gasteiger charge is -2.15. The van der Waals surface area contributed by atoms with Crippen molar-refractivity contribution in [2.75, 3.05) is 5.75 Å². The van der Waals surface area contributed by atoms with E-state index in [1.807, 2.05) is 6.92 Å². The highest BCUT2D eigenvalue weighted by Gasteiger charge is 2.18. The van der Waals surface area contributed by atoms with Crippen molar-refractivity contribution in [3.05, 3.63) is 64.5 Å². The van der Waals surface area contributed by atoms with E-state index in [1.165, 1.54) is 6.07 Å². The van der Waals surface area contributed by atoms with Gasteiger partial charge in [-0.05, 0) is 37.6 Å². The number of rotatable bonds is 9. The fourth-order valence-corrected chi connectivity index (χ4v) is 4.12. The van der Waals surface area contributed by atoms with Crippen LogP contribution in [-0.2, 0) is 4.79 Å². The Labute approximate surface area is 183 Å². The van der Waals surface area contributed by atoms with Gasteiger partial charge in [0.05, 0.1) is 22.3 Å². The molecule has 31 heavy (non-hydrogen) atoms. The molecule has 8 heteroatoms. The third-order valence-electron chi connectivity index (χ3n) is 4.88. The summed E-state index contributed by atoms with van der Waals surface area (Å²) in [6.45, 7) is 4.08. The SMILES string of the molecule is CCCCCC(C)NC(=O)CSc1nc2ccccc2c(=O)n1-c1ccc(F)cc1F.